The summed E-state index contributed by atoms with van der Waals surface area (Å²) >= 11 is 1.52. The lowest BCUT2D eigenvalue weighted by atomic mass is 9.83. The van der Waals surface area contributed by atoms with Crippen LogP contribution in [-0.4, -0.2) is 27.7 Å². The van der Waals surface area contributed by atoms with E-state index >= 15 is 0 Å². The molecule has 0 aliphatic carbocycles. The number of aryl methyl sites for hydroxylation is 2. The lowest BCUT2D eigenvalue weighted by Gasteiger charge is -2.24. The van der Waals surface area contributed by atoms with E-state index in [9.17, 15) is 4.79 Å². The van der Waals surface area contributed by atoms with Crippen molar-refractivity contribution in [3.05, 3.63) is 58.0 Å². The maximum atomic E-state index is 12.2. The topological polar surface area (TPSA) is 50.5 Å². The molecule has 1 aliphatic heterocycles. The van der Waals surface area contributed by atoms with Gasteiger partial charge in [-0.1, -0.05) is 55.5 Å². The van der Waals surface area contributed by atoms with Crippen LogP contribution in [0, 0.1) is 5.41 Å². The van der Waals surface area contributed by atoms with Crippen LogP contribution in [0.15, 0.2) is 41.2 Å². The van der Waals surface area contributed by atoms with E-state index in [2.05, 4.69) is 52.2 Å². The van der Waals surface area contributed by atoms with Gasteiger partial charge in [-0.2, -0.15) is 4.52 Å². The second-order valence-electron chi connectivity index (χ2n) is 7.49. The summed E-state index contributed by atoms with van der Waals surface area (Å²) in [5, 5.41) is 5.45. The Kier molecular flexibility index (Phi) is 4.53. The van der Waals surface area contributed by atoms with E-state index in [1.807, 2.05) is 6.92 Å². The lowest BCUT2D eigenvalue weighted by molar-refractivity contribution is 0.339. The van der Waals surface area contributed by atoms with Crippen LogP contribution < -0.4 is 10.5 Å². The number of hydrogen-bond donors (Lipinski definition) is 0. The van der Waals surface area contributed by atoms with Crippen LogP contribution in [0.1, 0.15) is 37.9 Å². The number of hydrogen-bond acceptors (Lipinski definition) is 5. The highest BCUT2D eigenvalue weighted by molar-refractivity contribution is 7.20. The Morgan fingerprint density at radius 1 is 1.27 bits per heavy atom. The number of rotatable bonds is 5. The highest BCUT2D eigenvalue weighted by Gasteiger charge is 2.35. The predicted octanol–water partition coefficient (Wildman–Crippen LogP) is 3.56. The minimum atomic E-state index is -0.0830. The van der Waals surface area contributed by atoms with Crippen LogP contribution >= 0.6 is 11.3 Å². The van der Waals surface area contributed by atoms with Gasteiger partial charge in [-0.05, 0) is 36.7 Å². The number of benzene rings is 1. The highest BCUT2D eigenvalue weighted by Crippen LogP contribution is 2.38. The van der Waals surface area contributed by atoms with Gasteiger partial charge in [0.1, 0.15) is 0 Å². The van der Waals surface area contributed by atoms with Gasteiger partial charge < -0.3 is 4.90 Å². The number of nitrogens with zero attached hydrogens (tertiary/aromatic N) is 4. The maximum absolute atomic E-state index is 12.2. The zero-order chi connectivity index (χ0) is 18.1. The van der Waals surface area contributed by atoms with Crippen molar-refractivity contribution in [1.29, 1.82) is 0 Å². The summed E-state index contributed by atoms with van der Waals surface area (Å²) in [4.78, 5) is 19.8. The van der Waals surface area contributed by atoms with Crippen LogP contribution in [-0.2, 0) is 12.8 Å². The van der Waals surface area contributed by atoms with Crippen molar-refractivity contribution in [3.63, 3.8) is 0 Å². The molecule has 0 bridgehead atoms. The Labute approximate surface area is 157 Å². The number of anilines is 1. The van der Waals surface area contributed by atoms with Crippen LogP contribution in [0.2, 0.25) is 0 Å². The van der Waals surface area contributed by atoms with Gasteiger partial charge >= 0.3 is 0 Å². The minimum absolute atomic E-state index is 0.0830. The van der Waals surface area contributed by atoms with E-state index in [0.717, 1.165) is 49.6 Å². The van der Waals surface area contributed by atoms with Crippen molar-refractivity contribution in [1.82, 2.24) is 14.6 Å². The molecule has 3 heterocycles. The molecule has 0 N–H and O–H groups in total. The smallest absolute Gasteiger partial charge is 0.275 e. The summed E-state index contributed by atoms with van der Waals surface area (Å²) in [6, 6.07) is 12.3. The van der Waals surface area contributed by atoms with Crippen molar-refractivity contribution in [2.45, 2.75) is 39.5 Å². The largest absolute Gasteiger partial charge is 0.346 e. The highest BCUT2D eigenvalue weighted by atomic mass is 32.1. The molecule has 136 valence electrons. The molecule has 5 nitrogen and oxygen atoms in total. The summed E-state index contributed by atoms with van der Waals surface area (Å²) in [5.41, 5.74) is 2.43. The molecule has 0 spiro atoms. The first-order chi connectivity index (χ1) is 12.6. The Morgan fingerprint density at radius 3 is 2.85 bits per heavy atom. The fraction of sp³-hybridized carbons (Fsp3) is 0.450. The molecule has 0 radical (unpaired) electrons. The molecule has 2 aromatic heterocycles. The Hall–Kier alpha value is -2.21. The van der Waals surface area contributed by atoms with Gasteiger partial charge in [0.2, 0.25) is 10.1 Å². The van der Waals surface area contributed by atoms with Crippen LogP contribution in [0.5, 0.6) is 0 Å². The monoisotopic (exact) mass is 368 g/mol. The van der Waals surface area contributed by atoms with Gasteiger partial charge in [-0.25, -0.2) is 4.98 Å². The van der Waals surface area contributed by atoms with E-state index in [1.165, 1.54) is 21.4 Å². The van der Waals surface area contributed by atoms with Gasteiger partial charge in [0.05, 0.1) is 0 Å². The molecule has 0 saturated carbocycles. The van der Waals surface area contributed by atoms with E-state index in [1.54, 1.807) is 6.07 Å². The Balaban J connectivity index is 1.50. The van der Waals surface area contributed by atoms with Crippen molar-refractivity contribution in [3.8, 4) is 0 Å². The molecule has 1 aromatic carbocycles. The molecule has 3 aromatic rings. The standard InChI is InChI=1S/C20H24N4OS/c1-3-16-13-17(25)24-18(21-16)26-19(22-24)23-12-11-20(2,14-23)10-9-15-7-5-4-6-8-15/h4-8,13H,3,9-12,14H2,1-2H3/t20-/m0/s1. The summed E-state index contributed by atoms with van der Waals surface area (Å²) in [6.45, 7) is 6.34. The summed E-state index contributed by atoms with van der Waals surface area (Å²) in [5.74, 6) is 0. The molecule has 1 aliphatic rings. The molecule has 0 amide bonds. The fourth-order valence-corrected chi connectivity index (χ4v) is 4.59. The van der Waals surface area contributed by atoms with Gasteiger partial charge in [-0.15, -0.1) is 5.10 Å². The SMILES string of the molecule is CCc1cc(=O)n2nc(N3CC[C@](C)(CCc4ccccc4)C3)sc2n1. The first-order valence-electron chi connectivity index (χ1n) is 9.25. The Bertz CT molecular complexity index is 965. The number of fused-ring (bicyclic) bond motifs is 1. The molecular weight excluding hydrogens is 344 g/mol. The maximum Gasteiger partial charge on any atom is 0.275 e. The van der Waals surface area contributed by atoms with Crippen molar-refractivity contribution < 1.29 is 0 Å². The second-order valence-corrected chi connectivity index (χ2v) is 8.42. The molecule has 4 rings (SSSR count). The van der Waals surface area contributed by atoms with Crippen LogP contribution in [0.3, 0.4) is 0 Å². The van der Waals surface area contributed by atoms with Gasteiger partial charge in [0.25, 0.3) is 5.56 Å². The third kappa shape index (κ3) is 3.38. The summed E-state index contributed by atoms with van der Waals surface area (Å²) in [7, 11) is 0. The predicted molar refractivity (Wildman–Crippen MR) is 106 cm³/mol. The van der Waals surface area contributed by atoms with E-state index in [4.69, 9.17) is 0 Å². The minimum Gasteiger partial charge on any atom is -0.346 e. The zero-order valence-corrected chi connectivity index (χ0v) is 16.1. The van der Waals surface area contributed by atoms with Crippen LogP contribution in [0.25, 0.3) is 4.96 Å². The molecular formula is C20H24N4OS. The zero-order valence-electron chi connectivity index (χ0n) is 15.3. The van der Waals surface area contributed by atoms with Gasteiger partial charge in [0.15, 0.2) is 0 Å². The quantitative estimate of drug-likeness (QED) is 0.691. The van der Waals surface area contributed by atoms with E-state index < -0.39 is 0 Å². The second kappa shape index (κ2) is 6.83. The van der Waals surface area contributed by atoms with Gasteiger partial charge in [-0.3, -0.25) is 4.79 Å². The average molecular weight is 369 g/mol. The average Bonchev–Trinajstić information content (AvgIpc) is 3.25. The van der Waals surface area contributed by atoms with Crippen molar-refractivity contribution >= 4 is 21.4 Å². The molecule has 0 unspecified atom stereocenters. The summed E-state index contributed by atoms with van der Waals surface area (Å²) < 4.78 is 1.44. The molecule has 6 heteroatoms. The molecule has 1 saturated heterocycles. The molecule has 1 fully saturated rings. The van der Waals surface area contributed by atoms with Crippen LogP contribution in [0.4, 0.5) is 5.13 Å². The Morgan fingerprint density at radius 2 is 2.08 bits per heavy atom. The first-order valence-corrected chi connectivity index (χ1v) is 10.1. The van der Waals surface area contributed by atoms with E-state index in [-0.39, 0.29) is 11.0 Å². The fourth-order valence-electron chi connectivity index (χ4n) is 3.64. The van der Waals surface area contributed by atoms with E-state index in [0.29, 0.717) is 4.96 Å². The normalized spacial score (nSPS) is 20.2. The van der Waals surface area contributed by atoms with Gasteiger partial charge in [0, 0.05) is 24.8 Å². The molecule has 26 heavy (non-hydrogen) atoms. The van der Waals surface area contributed by atoms with Crippen molar-refractivity contribution in [2.75, 3.05) is 18.0 Å². The summed E-state index contributed by atoms with van der Waals surface area (Å²) in [6.07, 6.45) is 4.18. The molecule has 1 atom stereocenters. The number of aromatic nitrogens is 3. The third-order valence-corrected chi connectivity index (χ3v) is 6.31. The third-order valence-electron chi connectivity index (χ3n) is 5.34. The first kappa shape index (κ1) is 17.2. The van der Waals surface area contributed by atoms with Crippen molar-refractivity contribution in [2.24, 2.45) is 5.41 Å². The lowest BCUT2D eigenvalue weighted by Crippen LogP contribution is -2.25.